The Morgan fingerprint density at radius 2 is 2.00 bits per heavy atom. The van der Waals surface area contributed by atoms with E-state index in [1.54, 1.807) is 7.11 Å². The molecule has 0 amide bonds. The van der Waals surface area contributed by atoms with Gasteiger partial charge in [0, 0.05) is 7.11 Å². The Morgan fingerprint density at radius 1 is 1.40 bits per heavy atom. The molecule has 15 heavy (non-hydrogen) atoms. The predicted molar refractivity (Wildman–Crippen MR) is 62.8 cm³/mol. The van der Waals surface area contributed by atoms with Crippen LogP contribution >= 0.6 is 0 Å². The van der Waals surface area contributed by atoms with E-state index in [4.69, 9.17) is 4.74 Å². The van der Waals surface area contributed by atoms with Crippen molar-refractivity contribution in [3.8, 4) is 0 Å². The molecule has 3 atom stereocenters. The Morgan fingerprint density at radius 3 is 2.40 bits per heavy atom. The molecule has 1 saturated carbocycles. The predicted octanol–water partition coefficient (Wildman–Crippen LogP) is 2.99. The minimum absolute atomic E-state index is 0.213. The Kier molecular flexibility index (Phi) is 3.83. The molecule has 0 aromatic rings. The van der Waals surface area contributed by atoms with E-state index in [-0.39, 0.29) is 5.41 Å². The number of methoxy groups -OCH3 is 1. The summed E-state index contributed by atoms with van der Waals surface area (Å²) in [7, 11) is 1.79. The molecule has 2 heteroatoms. The molecule has 0 aromatic heterocycles. The maximum absolute atomic E-state index is 10.4. The molecular formula is C13H26O2. The summed E-state index contributed by atoms with van der Waals surface area (Å²) in [5, 5.41) is 10.4. The first kappa shape index (κ1) is 13.0. The van der Waals surface area contributed by atoms with Gasteiger partial charge in [-0.25, -0.2) is 0 Å². The Balaban J connectivity index is 2.79. The molecule has 0 aromatic carbocycles. The topological polar surface area (TPSA) is 29.5 Å². The van der Waals surface area contributed by atoms with Crippen molar-refractivity contribution in [2.24, 2.45) is 11.3 Å². The van der Waals surface area contributed by atoms with Gasteiger partial charge in [-0.2, -0.15) is 0 Å². The number of ether oxygens (including phenoxy) is 1. The van der Waals surface area contributed by atoms with Crippen LogP contribution in [0.5, 0.6) is 0 Å². The van der Waals surface area contributed by atoms with Crippen molar-refractivity contribution in [2.75, 3.05) is 7.11 Å². The molecule has 0 heterocycles. The molecule has 0 bridgehead atoms. The van der Waals surface area contributed by atoms with E-state index in [0.717, 1.165) is 25.7 Å². The van der Waals surface area contributed by atoms with Gasteiger partial charge in [0.25, 0.3) is 0 Å². The van der Waals surface area contributed by atoms with Gasteiger partial charge in [-0.05, 0) is 37.0 Å². The Hall–Kier alpha value is -0.0800. The molecule has 2 nitrogen and oxygen atoms in total. The van der Waals surface area contributed by atoms with Gasteiger partial charge < -0.3 is 9.84 Å². The molecule has 3 unspecified atom stereocenters. The third-order valence-electron chi connectivity index (χ3n) is 4.02. The maximum Gasteiger partial charge on any atom is 0.0650 e. The molecule has 1 N–H and O–H groups in total. The van der Waals surface area contributed by atoms with Crippen LogP contribution in [0.2, 0.25) is 0 Å². The first-order valence-corrected chi connectivity index (χ1v) is 6.07. The first-order chi connectivity index (χ1) is 6.82. The van der Waals surface area contributed by atoms with Crippen molar-refractivity contribution >= 4 is 0 Å². The van der Waals surface area contributed by atoms with Gasteiger partial charge in [-0.3, -0.25) is 0 Å². The molecule has 0 aliphatic heterocycles. The quantitative estimate of drug-likeness (QED) is 0.765. The summed E-state index contributed by atoms with van der Waals surface area (Å²) in [6.07, 6.45) is 3.93. The fraction of sp³-hybridized carbons (Fsp3) is 1.00. The molecule has 1 aliphatic carbocycles. The molecule has 0 radical (unpaired) electrons. The normalized spacial score (nSPS) is 38.0. The van der Waals surface area contributed by atoms with Crippen LogP contribution in [-0.2, 0) is 4.74 Å². The highest BCUT2D eigenvalue weighted by atomic mass is 16.5. The van der Waals surface area contributed by atoms with Gasteiger partial charge in [0.05, 0.1) is 11.7 Å². The monoisotopic (exact) mass is 214 g/mol. The minimum atomic E-state index is -0.451. The molecule has 1 fully saturated rings. The van der Waals surface area contributed by atoms with Crippen molar-refractivity contribution in [1.82, 2.24) is 0 Å². The van der Waals surface area contributed by atoms with Crippen LogP contribution in [0.1, 0.15) is 53.4 Å². The van der Waals surface area contributed by atoms with Crippen LogP contribution in [-0.4, -0.2) is 23.9 Å². The fourth-order valence-electron chi connectivity index (χ4n) is 2.72. The highest BCUT2D eigenvalue weighted by Gasteiger charge is 2.43. The summed E-state index contributed by atoms with van der Waals surface area (Å²) in [6.45, 7) is 8.80. The van der Waals surface area contributed by atoms with Gasteiger partial charge >= 0.3 is 0 Å². The first-order valence-electron chi connectivity index (χ1n) is 6.07. The largest absolute Gasteiger partial charge is 0.390 e. The van der Waals surface area contributed by atoms with Crippen LogP contribution < -0.4 is 0 Å². The summed E-state index contributed by atoms with van der Waals surface area (Å²) in [5.74, 6) is 0.459. The van der Waals surface area contributed by atoms with E-state index < -0.39 is 5.60 Å². The van der Waals surface area contributed by atoms with E-state index in [1.165, 1.54) is 0 Å². The average Bonchev–Trinajstić information content (AvgIpc) is 2.16. The maximum atomic E-state index is 10.4. The number of aliphatic hydroxyl groups is 1. The van der Waals surface area contributed by atoms with Gasteiger partial charge in [-0.1, -0.05) is 27.7 Å². The molecule has 0 spiro atoms. The van der Waals surface area contributed by atoms with Crippen LogP contribution in [0.4, 0.5) is 0 Å². The summed E-state index contributed by atoms with van der Waals surface area (Å²) in [4.78, 5) is 0. The van der Waals surface area contributed by atoms with E-state index in [0.29, 0.717) is 12.0 Å². The molecule has 1 aliphatic rings. The average molecular weight is 214 g/mol. The lowest BCUT2D eigenvalue weighted by molar-refractivity contribution is -0.106. The molecule has 0 saturated heterocycles. The summed E-state index contributed by atoms with van der Waals surface area (Å²) < 4.78 is 5.56. The van der Waals surface area contributed by atoms with Gasteiger partial charge in [0.15, 0.2) is 0 Å². The van der Waals surface area contributed by atoms with Crippen LogP contribution in [0.25, 0.3) is 0 Å². The molecule has 90 valence electrons. The molecule has 1 rings (SSSR count). The summed E-state index contributed by atoms with van der Waals surface area (Å²) in [6, 6.07) is 0. The SMILES string of the molecule is CCC1(O)CCC(OC)C(C(C)(C)C)C1. The Labute approximate surface area is 94.0 Å². The number of hydrogen-bond acceptors (Lipinski definition) is 2. The summed E-state index contributed by atoms with van der Waals surface area (Å²) in [5.41, 5.74) is -0.239. The number of rotatable bonds is 2. The zero-order valence-corrected chi connectivity index (χ0v) is 10.8. The van der Waals surface area contributed by atoms with Crippen molar-refractivity contribution in [3.05, 3.63) is 0 Å². The van der Waals surface area contributed by atoms with Crippen molar-refractivity contribution in [2.45, 2.75) is 65.1 Å². The lowest BCUT2D eigenvalue weighted by atomic mass is 9.65. The van der Waals surface area contributed by atoms with Crippen molar-refractivity contribution in [1.29, 1.82) is 0 Å². The second-order valence-corrected chi connectivity index (χ2v) is 6.07. The van der Waals surface area contributed by atoms with Crippen LogP contribution in [0.3, 0.4) is 0 Å². The zero-order valence-electron chi connectivity index (χ0n) is 10.8. The minimum Gasteiger partial charge on any atom is -0.390 e. The third-order valence-corrected chi connectivity index (χ3v) is 4.02. The van der Waals surface area contributed by atoms with Crippen molar-refractivity contribution < 1.29 is 9.84 Å². The standard InChI is InChI=1S/C13H26O2/c1-6-13(14)8-7-11(15-5)10(9-13)12(2,3)4/h10-11,14H,6-9H2,1-5H3. The number of hydrogen-bond donors (Lipinski definition) is 1. The van der Waals surface area contributed by atoms with Crippen LogP contribution in [0, 0.1) is 11.3 Å². The lowest BCUT2D eigenvalue weighted by Crippen LogP contribution is -2.46. The summed E-state index contributed by atoms with van der Waals surface area (Å²) >= 11 is 0. The third kappa shape index (κ3) is 2.94. The highest BCUT2D eigenvalue weighted by molar-refractivity contribution is 4.94. The fourth-order valence-corrected chi connectivity index (χ4v) is 2.72. The second kappa shape index (κ2) is 4.42. The van der Waals surface area contributed by atoms with Crippen LogP contribution in [0.15, 0.2) is 0 Å². The highest BCUT2D eigenvalue weighted by Crippen LogP contribution is 2.44. The van der Waals surface area contributed by atoms with Gasteiger partial charge in [-0.15, -0.1) is 0 Å². The van der Waals surface area contributed by atoms with E-state index in [1.807, 2.05) is 0 Å². The molecular weight excluding hydrogens is 188 g/mol. The van der Waals surface area contributed by atoms with Gasteiger partial charge in [0.2, 0.25) is 0 Å². The second-order valence-electron chi connectivity index (χ2n) is 6.07. The van der Waals surface area contributed by atoms with E-state index in [2.05, 4.69) is 27.7 Å². The van der Waals surface area contributed by atoms with E-state index in [9.17, 15) is 5.11 Å². The smallest absolute Gasteiger partial charge is 0.0650 e. The zero-order chi connectivity index (χ0) is 11.7. The van der Waals surface area contributed by atoms with Gasteiger partial charge in [0.1, 0.15) is 0 Å². The lowest BCUT2D eigenvalue weighted by Gasteiger charge is -2.46. The van der Waals surface area contributed by atoms with E-state index >= 15 is 0 Å². The Bertz CT molecular complexity index is 207. The van der Waals surface area contributed by atoms with Crippen molar-refractivity contribution in [3.63, 3.8) is 0 Å².